The monoisotopic (exact) mass is 297 g/mol. The maximum absolute atomic E-state index is 12.3. The quantitative estimate of drug-likeness (QED) is 0.768. The van der Waals surface area contributed by atoms with Crippen molar-refractivity contribution in [3.8, 4) is 0 Å². The number of aromatic nitrogens is 4. The van der Waals surface area contributed by atoms with Crippen molar-refractivity contribution in [2.45, 2.75) is 19.9 Å². The Labute approximate surface area is 126 Å². The lowest BCUT2D eigenvalue weighted by Gasteiger charge is -2.13. The molecule has 0 aliphatic rings. The molecule has 1 aromatic carbocycles. The summed E-state index contributed by atoms with van der Waals surface area (Å²) in [6.07, 6.45) is 0. The standard InChI is InChI=1S/C15H15N5O2/c1-9-7-8-13(21)20(19-9)10(2)14(22)18-15-16-11-5-3-4-6-12(11)17-15/h3-8,10H,1-2H3,(H2,16,17,18,22). The predicted molar refractivity (Wildman–Crippen MR) is 82.7 cm³/mol. The van der Waals surface area contributed by atoms with Crippen LogP contribution in [0.1, 0.15) is 18.7 Å². The number of nitrogens with one attached hydrogen (secondary N) is 2. The van der Waals surface area contributed by atoms with Gasteiger partial charge >= 0.3 is 0 Å². The van der Waals surface area contributed by atoms with Gasteiger partial charge in [-0.2, -0.15) is 5.10 Å². The largest absolute Gasteiger partial charge is 0.324 e. The van der Waals surface area contributed by atoms with Crippen molar-refractivity contribution in [2.24, 2.45) is 0 Å². The third kappa shape index (κ3) is 2.60. The third-order valence-electron chi connectivity index (χ3n) is 3.34. The van der Waals surface area contributed by atoms with Crippen molar-refractivity contribution in [1.29, 1.82) is 0 Å². The van der Waals surface area contributed by atoms with E-state index in [-0.39, 0.29) is 11.5 Å². The average molecular weight is 297 g/mol. The van der Waals surface area contributed by atoms with E-state index < -0.39 is 6.04 Å². The predicted octanol–water partition coefficient (Wildman–Crippen LogP) is 1.63. The highest BCUT2D eigenvalue weighted by molar-refractivity contribution is 5.93. The van der Waals surface area contributed by atoms with Gasteiger partial charge < -0.3 is 4.98 Å². The highest BCUT2D eigenvalue weighted by Gasteiger charge is 2.18. The summed E-state index contributed by atoms with van der Waals surface area (Å²) in [6.45, 7) is 3.38. The van der Waals surface area contributed by atoms with Gasteiger partial charge in [0.1, 0.15) is 6.04 Å². The molecule has 2 aromatic heterocycles. The van der Waals surface area contributed by atoms with Crippen LogP contribution < -0.4 is 10.9 Å². The first-order chi connectivity index (χ1) is 10.5. The molecule has 0 fully saturated rings. The summed E-state index contributed by atoms with van der Waals surface area (Å²) in [4.78, 5) is 31.4. The first-order valence-corrected chi connectivity index (χ1v) is 6.86. The summed E-state index contributed by atoms with van der Waals surface area (Å²) in [5, 5.41) is 6.76. The maximum atomic E-state index is 12.3. The zero-order valence-corrected chi connectivity index (χ0v) is 12.2. The van der Waals surface area contributed by atoms with Gasteiger partial charge in [-0.05, 0) is 32.0 Å². The van der Waals surface area contributed by atoms with Crippen molar-refractivity contribution in [2.75, 3.05) is 5.32 Å². The number of H-pyrrole nitrogens is 1. The number of anilines is 1. The first kappa shape index (κ1) is 14.0. The van der Waals surface area contributed by atoms with Gasteiger partial charge in [-0.15, -0.1) is 0 Å². The second-order valence-corrected chi connectivity index (χ2v) is 5.03. The van der Waals surface area contributed by atoms with Crippen molar-refractivity contribution in [3.63, 3.8) is 0 Å². The van der Waals surface area contributed by atoms with Crippen LogP contribution in [0.2, 0.25) is 0 Å². The van der Waals surface area contributed by atoms with Crippen molar-refractivity contribution < 1.29 is 4.79 Å². The Balaban J connectivity index is 1.84. The van der Waals surface area contributed by atoms with Gasteiger partial charge in [-0.3, -0.25) is 14.9 Å². The SMILES string of the molecule is Cc1ccc(=O)n(C(C)C(=O)Nc2nc3ccccc3[nH]2)n1. The summed E-state index contributed by atoms with van der Waals surface area (Å²) < 4.78 is 1.16. The Morgan fingerprint density at radius 1 is 1.27 bits per heavy atom. The van der Waals surface area contributed by atoms with Crippen LogP contribution in [-0.4, -0.2) is 25.7 Å². The number of fused-ring (bicyclic) bond motifs is 1. The first-order valence-electron chi connectivity index (χ1n) is 6.86. The molecule has 0 spiro atoms. The molecule has 22 heavy (non-hydrogen) atoms. The zero-order chi connectivity index (χ0) is 15.7. The molecule has 112 valence electrons. The summed E-state index contributed by atoms with van der Waals surface area (Å²) in [5.41, 5.74) is 1.94. The number of amides is 1. The third-order valence-corrected chi connectivity index (χ3v) is 3.34. The number of aryl methyl sites for hydroxylation is 1. The molecule has 3 rings (SSSR count). The fourth-order valence-corrected chi connectivity index (χ4v) is 2.14. The van der Waals surface area contributed by atoms with Gasteiger partial charge in [0.15, 0.2) is 0 Å². The molecule has 1 amide bonds. The number of hydrogen-bond donors (Lipinski definition) is 2. The van der Waals surface area contributed by atoms with E-state index in [9.17, 15) is 9.59 Å². The van der Waals surface area contributed by atoms with E-state index in [1.807, 2.05) is 24.3 Å². The second kappa shape index (κ2) is 5.44. The van der Waals surface area contributed by atoms with E-state index in [0.717, 1.165) is 15.7 Å². The minimum atomic E-state index is -0.736. The molecule has 2 heterocycles. The lowest BCUT2D eigenvalue weighted by Crippen LogP contribution is -2.33. The maximum Gasteiger partial charge on any atom is 0.267 e. The topological polar surface area (TPSA) is 92.7 Å². The Morgan fingerprint density at radius 2 is 2.05 bits per heavy atom. The van der Waals surface area contributed by atoms with Crippen LogP contribution in [0.4, 0.5) is 5.95 Å². The van der Waals surface area contributed by atoms with E-state index in [1.54, 1.807) is 19.9 Å². The number of aromatic amines is 1. The molecule has 0 aliphatic heterocycles. The molecule has 2 N–H and O–H groups in total. The molecular formula is C15H15N5O2. The minimum absolute atomic E-state index is 0.321. The highest BCUT2D eigenvalue weighted by Crippen LogP contribution is 2.14. The van der Waals surface area contributed by atoms with Gasteiger partial charge in [-0.25, -0.2) is 9.67 Å². The van der Waals surface area contributed by atoms with Crippen molar-refractivity contribution >= 4 is 22.9 Å². The van der Waals surface area contributed by atoms with Crippen LogP contribution in [0.5, 0.6) is 0 Å². The molecule has 3 aromatic rings. The molecule has 0 bridgehead atoms. The van der Waals surface area contributed by atoms with Crippen LogP contribution in [0.15, 0.2) is 41.2 Å². The Kier molecular flexibility index (Phi) is 3.46. The summed E-state index contributed by atoms with van der Waals surface area (Å²) in [6, 6.07) is 9.74. The highest BCUT2D eigenvalue weighted by atomic mass is 16.2. The molecule has 0 saturated carbocycles. The van der Waals surface area contributed by atoms with Crippen LogP contribution in [0.3, 0.4) is 0 Å². The number of hydrogen-bond acceptors (Lipinski definition) is 4. The summed E-state index contributed by atoms with van der Waals surface area (Å²) >= 11 is 0. The normalized spacial score (nSPS) is 12.3. The van der Waals surface area contributed by atoms with E-state index in [0.29, 0.717) is 11.6 Å². The molecule has 0 radical (unpaired) electrons. The second-order valence-electron chi connectivity index (χ2n) is 5.03. The number of imidazole rings is 1. The number of carbonyl (C=O) groups is 1. The van der Waals surface area contributed by atoms with Gasteiger partial charge in [-0.1, -0.05) is 12.1 Å². The molecule has 0 aliphatic carbocycles. The molecule has 7 nitrogen and oxygen atoms in total. The van der Waals surface area contributed by atoms with Crippen LogP contribution >= 0.6 is 0 Å². The fourth-order valence-electron chi connectivity index (χ4n) is 2.14. The minimum Gasteiger partial charge on any atom is -0.324 e. The van der Waals surface area contributed by atoms with Gasteiger partial charge in [0, 0.05) is 6.07 Å². The number of benzene rings is 1. The van der Waals surface area contributed by atoms with Crippen molar-refractivity contribution in [3.05, 3.63) is 52.4 Å². The number of nitrogens with zero attached hydrogens (tertiary/aromatic N) is 3. The molecule has 1 atom stereocenters. The summed E-state index contributed by atoms with van der Waals surface area (Å²) in [5.74, 6) is -0.0157. The number of rotatable bonds is 3. The van der Waals surface area contributed by atoms with E-state index in [2.05, 4.69) is 20.4 Å². The fraction of sp³-hybridized carbons (Fsp3) is 0.200. The van der Waals surface area contributed by atoms with Gasteiger partial charge in [0.25, 0.3) is 11.5 Å². The van der Waals surface area contributed by atoms with Crippen molar-refractivity contribution in [1.82, 2.24) is 19.7 Å². The summed E-state index contributed by atoms with van der Waals surface area (Å²) in [7, 11) is 0. The van der Waals surface area contributed by atoms with E-state index in [1.165, 1.54) is 6.07 Å². The van der Waals surface area contributed by atoms with E-state index >= 15 is 0 Å². The Morgan fingerprint density at radius 3 is 2.82 bits per heavy atom. The molecule has 0 saturated heterocycles. The Bertz CT molecular complexity index is 863. The lowest BCUT2D eigenvalue weighted by molar-refractivity contribution is -0.119. The molecular weight excluding hydrogens is 282 g/mol. The average Bonchev–Trinajstić information content (AvgIpc) is 2.91. The molecule has 1 unspecified atom stereocenters. The van der Waals surface area contributed by atoms with Gasteiger partial charge in [0.05, 0.1) is 16.7 Å². The lowest BCUT2D eigenvalue weighted by atomic mass is 10.3. The van der Waals surface area contributed by atoms with Crippen LogP contribution in [0.25, 0.3) is 11.0 Å². The van der Waals surface area contributed by atoms with Crippen LogP contribution in [0, 0.1) is 6.92 Å². The number of carbonyl (C=O) groups excluding carboxylic acids is 1. The number of para-hydroxylation sites is 2. The smallest absolute Gasteiger partial charge is 0.267 e. The van der Waals surface area contributed by atoms with Gasteiger partial charge in [0.2, 0.25) is 5.95 Å². The van der Waals surface area contributed by atoms with Crippen LogP contribution in [-0.2, 0) is 4.79 Å². The molecule has 7 heteroatoms. The Hall–Kier alpha value is -2.96. The zero-order valence-electron chi connectivity index (χ0n) is 12.2. The van der Waals surface area contributed by atoms with E-state index in [4.69, 9.17) is 0 Å².